The first kappa shape index (κ1) is 27.1. The molecule has 1 saturated heterocycles. The molecule has 3 amide bonds. The lowest BCUT2D eigenvalue weighted by atomic mass is 10.1. The lowest BCUT2D eigenvalue weighted by Crippen LogP contribution is -2.36. The maximum Gasteiger partial charge on any atom is 0.322 e. The van der Waals surface area contributed by atoms with Crippen LogP contribution in [0.5, 0.6) is 5.88 Å². The highest BCUT2D eigenvalue weighted by atomic mass is 35.5. The van der Waals surface area contributed by atoms with Crippen molar-refractivity contribution >= 4 is 40.1 Å². The molecule has 2 aromatic rings. The fourth-order valence-corrected chi connectivity index (χ4v) is 4.85. The van der Waals surface area contributed by atoms with Crippen LogP contribution in [0, 0.1) is 11.6 Å². The zero-order valence-corrected chi connectivity index (χ0v) is 21.2. The van der Waals surface area contributed by atoms with Gasteiger partial charge in [0.2, 0.25) is 5.88 Å². The molecule has 3 N–H and O–H groups in total. The SMILES string of the molecule is CCN(CCCCN1CCCCC1)C(=O)Nc1snc(OCc2c(F)cc(Cl)cc2F)c1C(N)=O. The van der Waals surface area contributed by atoms with Crippen molar-refractivity contribution in [1.82, 2.24) is 14.2 Å². The highest BCUT2D eigenvalue weighted by Crippen LogP contribution is 2.31. The Labute approximate surface area is 212 Å². The number of primary amides is 1. The number of rotatable bonds is 11. The Morgan fingerprint density at radius 1 is 1.23 bits per heavy atom. The number of hydrogen-bond donors (Lipinski definition) is 2. The number of nitrogens with zero attached hydrogens (tertiary/aromatic N) is 3. The Morgan fingerprint density at radius 2 is 1.91 bits per heavy atom. The lowest BCUT2D eigenvalue weighted by Gasteiger charge is -2.27. The first-order valence-corrected chi connectivity index (χ1v) is 12.8. The van der Waals surface area contributed by atoms with Crippen LogP contribution >= 0.6 is 23.1 Å². The van der Waals surface area contributed by atoms with Gasteiger partial charge in [0.05, 0.1) is 5.56 Å². The lowest BCUT2D eigenvalue weighted by molar-refractivity contribution is 0.0996. The summed E-state index contributed by atoms with van der Waals surface area (Å²) < 4.78 is 37.4. The zero-order valence-electron chi connectivity index (χ0n) is 19.6. The maximum atomic E-state index is 14.0. The van der Waals surface area contributed by atoms with Gasteiger partial charge in [-0.1, -0.05) is 18.0 Å². The number of benzene rings is 1. The van der Waals surface area contributed by atoms with E-state index in [9.17, 15) is 18.4 Å². The number of nitrogens with one attached hydrogen (secondary N) is 1. The van der Waals surface area contributed by atoms with Crippen molar-refractivity contribution in [1.29, 1.82) is 0 Å². The highest BCUT2D eigenvalue weighted by Gasteiger charge is 2.24. The quantitative estimate of drug-likeness (QED) is 0.404. The summed E-state index contributed by atoms with van der Waals surface area (Å²) in [6, 6.07) is 1.52. The number of nitrogens with two attached hydrogens (primary N) is 1. The molecule has 2 heterocycles. The van der Waals surface area contributed by atoms with Crippen molar-refractivity contribution in [3.8, 4) is 5.88 Å². The molecule has 0 aliphatic carbocycles. The van der Waals surface area contributed by atoms with Gasteiger partial charge in [-0.15, -0.1) is 0 Å². The second kappa shape index (κ2) is 13.0. The van der Waals surface area contributed by atoms with Crippen LogP contribution in [-0.2, 0) is 6.61 Å². The van der Waals surface area contributed by atoms with Crippen LogP contribution in [0.4, 0.5) is 18.6 Å². The van der Waals surface area contributed by atoms with Gasteiger partial charge in [0.15, 0.2) is 0 Å². The van der Waals surface area contributed by atoms with Crippen molar-refractivity contribution in [3.05, 3.63) is 39.9 Å². The summed E-state index contributed by atoms with van der Waals surface area (Å²) in [6.07, 6.45) is 5.64. The fourth-order valence-electron chi connectivity index (χ4n) is 3.93. The summed E-state index contributed by atoms with van der Waals surface area (Å²) in [7, 11) is 0. The van der Waals surface area contributed by atoms with Gasteiger partial charge in [-0.25, -0.2) is 13.6 Å². The topological polar surface area (TPSA) is 101 Å². The second-order valence-electron chi connectivity index (χ2n) is 8.31. The van der Waals surface area contributed by atoms with E-state index < -0.39 is 30.2 Å². The number of urea groups is 1. The molecule has 0 radical (unpaired) electrons. The number of amides is 3. The number of halogens is 3. The van der Waals surface area contributed by atoms with Gasteiger partial charge in [-0.3, -0.25) is 10.1 Å². The zero-order chi connectivity index (χ0) is 25.4. The van der Waals surface area contributed by atoms with Gasteiger partial charge in [-0.2, -0.15) is 4.37 Å². The molecule has 0 unspecified atom stereocenters. The molecule has 8 nitrogen and oxygen atoms in total. The molecule has 1 fully saturated rings. The molecule has 1 aromatic heterocycles. The molecule has 0 saturated carbocycles. The molecule has 0 atom stereocenters. The third-order valence-electron chi connectivity index (χ3n) is 5.86. The number of hydrogen-bond acceptors (Lipinski definition) is 6. The molecule has 1 aromatic carbocycles. The predicted molar refractivity (Wildman–Crippen MR) is 132 cm³/mol. The van der Waals surface area contributed by atoms with E-state index in [2.05, 4.69) is 14.6 Å². The number of piperidine rings is 1. The summed E-state index contributed by atoms with van der Waals surface area (Å²) in [5.74, 6) is -2.88. The van der Waals surface area contributed by atoms with E-state index in [0.29, 0.717) is 13.1 Å². The Balaban J connectivity index is 1.58. The van der Waals surface area contributed by atoms with Gasteiger partial charge in [-0.05, 0) is 75.9 Å². The molecule has 3 rings (SSSR count). The Bertz CT molecular complexity index is 1010. The molecule has 1 aliphatic rings. The minimum absolute atomic E-state index is 0.0906. The van der Waals surface area contributed by atoms with Gasteiger partial charge in [0.1, 0.15) is 28.8 Å². The number of anilines is 1. The highest BCUT2D eigenvalue weighted by molar-refractivity contribution is 7.11. The minimum Gasteiger partial charge on any atom is -0.471 e. The summed E-state index contributed by atoms with van der Waals surface area (Å²) in [6.45, 7) is 5.69. The second-order valence-corrected chi connectivity index (χ2v) is 9.52. The molecule has 12 heteroatoms. The Morgan fingerprint density at radius 3 is 2.54 bits per heavy atom. The van der Waals surface area contributed by atoms with Crippen LogP contribution < -0.4 is 15.8 Å². The third kappa shape index (κ3) is 7.49. The van der Waals surface area contributed by atoms with Crippen LogP contribution in [0.15, 0.2) is 12.1 Å². The first-order valence-electron chi connectivity index (χ1n) is 11.6. The number of carbonyl (C=O) groups is 2. The van der Waals surface area contributed by atoms with E-state index >= 15 is 0 Å². The Hall–Kier alpha value is -2.50. The summed E-state index contributed by atoms with van der Waals surface area (Å²) in [4.78, 5) is 28.9. The smallest absolute Gasteiger partial charge is 0.322 e. The summed E-state index contributed by atoms with van der Waals surface area (Å²) >= 11 is 6.44. The van der Waals surface area contributed by atoms with E-state index in [1.807, 2.05) is 6.92 Å². The maximum absolute atomic E-state index is 14.0. The molecular weight excluding hydrogens is 500 g/mol. The van der Waals surface area contributed by atoms with Gasteiger partial charge in [0, 0.05) is 18.1 Å². The average molecular weight is 530 g/mol. The Kier molecular flexibility index (Phi) is 10.1. The van der Waals surface area contributed by atoms with Gasteiger partial charge in [0.25, 0.3) is 5.91 Å². The molecule has 192 valence electrons. The van der Waals surface area contributed by atoms with Crippen LogP contribution in [0.3, 0.4) is 0 Å². The van der Waals surface area contributed by atoms with Crippen molar-refractivity contribution in [2.24, 2.45) is 5.73 Å². The molecule has 0 bridgehead atoms. The number of ether oxygens (including phenoxy) is 1. The number of aromatic nitrogens is 1. The average Bonchev–Trinajstić information content (AvgIpc) is 3.21. The normalized spacial score (nSPS) is 14.1. The number of carbonyl (C=O) groups excluding carboxylic acids is 2. The standard InChI is InChI=1S/C23H30ClF2N5O3S/c1-2-31(11-7-6-10-30-8-4-3-5-9-30)23(33)28-22-19(20(27)32)21(29-35-22)34-14-16-17(25)12-15(24)13-18(16)26/h12-13H,2-11,14H2,1H3,(H2,27,32)(H,28,33). The van der Waals surface area contributed by atoms with Crippen LogP contribution in [0.2, 0.25) is 5.02 Å². The van der Waals surface area contributed by atoms with Crippen molar-refractivity contribution in [2.45, 2.75) is 45.6 Å². The molecule has 1 aliphatic heterocycles. The van der Waals surface area contributed by atoms with Crippen molar-refractivity contribution in [2.75, 3.05) is 38.0 Å². The van der Waals surface area contributed by atoms with Crippen LogP contribution in [0.25, 0.3) is 0 Å². The van der Waals surface area contributed by atoms with E-state index in [-0.39, 0.29) is 27.0 Å². The van der Waals surface area contributed by atoms with E-state index in [4.69, 9.17) is 22.1 Å². The van der Waals surface area contributed by atoms with Crippen molar-refractivity contribution < 1.29 is 23.1 Å². The largest absolute Gasteiger partial charge is 0.471 e. The fraction of sp³-hybridized carbons (Fsp3) is 0.522. The summed E-state index contributed by atoms with van der Waals surface area (Å²) in [5, 5.41) is 2.69. The predicted octanol–water partition coefficient (Wildman–Crippen LogP) is 4.87. The third-order valence-corrected chi connectivity index (χ3v) is 6.82. The molecular formula is C23H30ClF2N5O3S. The first-order chi connectivity index (χ1) is 16.8. The van der Waals surface area contributed by atoms with E-state index in [1.165, 1.54) is 19.3 Å². The minimum atomic E-state index is -0.891. The number of unbranched alkanes of at least 4 members (excludes halogenated alkanes) is 1. The summed E-state index contributed by atoms with van der Waals surface area (Å²) in [5.41, 5.74) is 4.95. The van der Waals surface area contributed by atoms with E-state index in [0.717, 1.165) is 56.1 Å². The molecule has 35 heavy (non-hydrogen) atoms. The van der Waals surface area contributed by atoms with Crippen molar-refractivity contribution in [3.63, 3.8) is 0 Å². The number of likely N-dealkylation sites (tertiary alicyclic amines) is 1. The van der Waals surface area contributed by atoms with E-state index in [1.54, 1.807) is 4.90 Å². The molecule has 0 spiro atoms. The van der Waals surface area contributed by atoms with Crippen LogP contribution in [-0.4, -0.2) is 58.8 Å². The van der Waals surface area contributed by atoms with Gasteiger partial charge >= 0.3 is 6.03 Å². The van der Waals surface area contributed by atoms with Crippen LogP contribution in [0.1, 0.15) is 54.9 Å². The van der Waals surface area contributed by atoms with Gasteiger partial charge < -0.3 is 20.3 Å². The monoisotopic (exact) mass is 529 g/mol.